The van der Waals surface area contributed by atoms with E-state index in [1.807, 2.05) is 12.3 Å². The Morgan fingerprint density at radius 3 is 2.67 bits per heavy atom. The zero-order valence-electron chi connectivity index (χ0n) is 10.7. The summed E-state index contributed by atoms with van der Waals surface area (Å²) >= 11 is 3.51. The largest absolute Gasteiger partial charge is 0.361 e. The Bertz CT molecular complexity index is 507. The molecule has 4 heteroatoms. The fourth-order valence-electron chi connectivity index (χ4n) is 2.09. The highest BCUT2D eigenvalue weighted by molar-refractivity contribution is 9.10. The maximum absolute atomic E-state index is 6.27. The Kier molecular flexibility index (Phi) is 5.70. The molecular formula is C14H20BrClN2. The van der Waals surface area contributed by atoms with E-state index in [0.29, 0.717) is 5.92 Å². The summed E-state index contributed by atoms with van der Waals surface area (Å²) in [5.74, 6) is 0.706. The van der Waals surface area contributed by atoms with Crippen LogP contribution in [-0.4, -0.2) is 4.98 Å². The summed E-state index contributed by atoms with van der Waals surface area (Å²) in [6, 6.07) is 6.39. The number of fused-ring (bicyclic) bond motifs is 1. The van der Waals surface area contributed by atoms with Crippen LogP contribution in [0.15, 0.2) is 28.9 Å². The molecule has 1 atom stereocenters. The second-order valence-electron chi connectivity index (χ2n) is 5.01. The number of H-pyrrole nitrogens is 1. The quantitative estimate of drug-likeness (QED) is 0.831. The highest BCUT2D eigenvalue weighted by Gasteiger charge is 2.12. The third-order valence-electron chi connectivity index (χ3n) is 3.13. The first kappa shape index (κ1) is 15.5. The average molecular weight is 332 g/mol. The molecule has 1 heterocycles. The van der Waals surface area contributed by atoms with Crippen molar-refractivity contribution in [3.63, 3.8) is 0 Å². The molecule has 0 amide bonds. The van der Waals surface area contributed by atoms with Crippen LogP contribution in [0, 0.1) is 5.92 Å². The minimum absolute atomic E-state index is 0. The summed E-state index contributed by atoms with van der Waals surface area (Å²) in [5.41, 5.74) is 8.65. The van der Waals surface area contributed by atoms with Gasteiger partial charge in [0.25, 0.3) is 0 Å². The van der Waals surface area contributed by atoms with Crippen molar-refractivity contribution in [2.45, 2.75) is 32.7 Å². The zero-order valence-corrected chi connectivity index (χ0v) is 13.1. The van der Waals surface area contributed by atoms with E-state index in [-0.39, 0.29) is 18.4 Å². The van der Waals surface area contributed by atoms with E-state index in [1.54, 1.807) is 0 Å². The van der Waals surface area contributed by atoms with Crippen LogP contribution in [0.1, 0.15) is 38.3 Å². The fraction of sp³-hybridized carbons (Fsp3) is 0.429. The Labute approximate surface area is 123 Å². The molecule has 0 saturated carbocycles. The lowest BCUT2D eigenvalue weighted by molar-refractivity contribution is 0.508. The topological polar surface area (TPSA) is 41.8 Å². The predicted octanol–water partition coefficient (Wildman–Crippen LogP) is 4.79. The van der Waals surface area contributed by atoms with Gasteiger partial charge in [0.1, 0.15) is 0 Å². The predicted molar refractivity (Wildman–Crippen MR) is 84.2 cm³/mol. The van der Waals surface area contributed by atoms with Crippen LogP contribution in [0.2, 0.25) is 0 Å². The number of hydrogen-bond donors (Lipinski definition) is 2. The van der Waals surface area contributed by atoms with E-state index < -0.39 is 0 Å². The lowest BCUT2D eigenvalue weighted by Gasteiger charge is -2.12. The van der Waals surface area contributed by atoms with Gasteiger partial charge in [0.15, 0.2) is 0 Å². The van der Waals surface area contributed by atoms with E-state index in [1.165, 1.54) is 17.4 Å². The molecule has 2 rings (SSSR count). The zero-order chi connectivity index (χ0) is 12.4. The van der Waals surface area contributed by atoms with Gasteiger partial charge in [-0.3, -0.25) is 0 Å². The number of aromatic nitrogens is 1. The Morgan fingerprint density at radius 2 is 2.00 bits per heavy atom. The number of nitrogens with one attached hydrogen (secondary N) is 1. The molecule has 18 heavy (non-hydrogen) atoms. The van der Waals surface area contributed by atoms with Gasteiger partial charge in [0, 0.05) is 27.6 Å². The molecular weight excluding hydrogens is 312 g/mol. The molecule has 0 saturated heterocycles. The molecule has 0 bridgehead atoms. The van der Waals surface area contributed by atoms with E-state index in [2.05, 4.69) is 46.9 Å². The second-order valence-corrected chi connectivity index (χ2v) is 5.93. The average Bonchev–Trinajstić information content (AvgIpc) is 2.68. The molecule has 0 aliphatic heterocycles. The number of rotatable bonds is 4. The standard InChI is InChI=1S/C14H19BrN2.ClH/c1-9(2)3-5-13(16)12-8-17-14-6-4-10(15)7-11(12)14;/h4,6-9,13,17H,3,5,16H2,1-2H3;1H/t13-;/m1./s1. The van der Waals surface area contributed by atoms with Gasteiger partial charge in [-0.25, -0.2) is 0 Å². The van der Waals surface area contributed by atoms with Crippen molar-refractivity contribution in [1.29, 1.82) is 0 Å². The molecule has 0 aliphatic carbocycles. The molecule has 0 aliphatic rings. The molecule has 0 radical (unpaired) electrons. The van der Waals surface area contributed by atoms with Crippen molar-refractivity contribution in [1.82, 2.24) is 4.98 Å². The second kappa shape index (κ2) is 6.60. The highest BCUT2D eigenvalue weighted by atomic mass is 79.9. The summed E-state index contributed by atoms with van der Waals surface area (Å²) in [5, 5.41) is 1.23. The maximum atomic E-state index is 6.27. The van der Waals surface area contributed by atoms with Crippen LogP contribution in [0.25, 0.3) is 10.9 Å². The molecule has 100 valence electrons. The van der Waals surface area contributed by atoms with Crippen LogP contribution in [0.4, 0.5) is 0 Å². The molecule has 0 unspecified atom stereocenters. The summed E-state index contributed by atoms with van der Waals surface area (Å²) in [6.45, 7) is 4.47. The lowest BCUT2D eigenvalue weighted by atomic mass is 9.98. The molecule has 3 N–H and O–H groups in total. The molecule has 0 fully saturated rings. The number of halogens is 2. The van der Waals surface area contributed by atoms with Crippen LogP contribution in [-0.2, 0) is 0 Å². The minimum Gasteiger partial charge on any atom is -0.361 e. The molecule has 1 aromatic carbocycles. The SMILES string of the molecule is CC(C)CC[C@@H](N)c1c[nH]c2ccc(Br)cc12.Cl. The van der Waals surface area contributed by atoms with Gasteiger partial charge < -0.3 is 10.7 Å². The van der Waals surface area contributed by atoms with Crippen molar-refractivity contribution >= 4 is 39.2 Å². The Morgan fingerprint density at radius 1 is 1.28 bits per heavy atom. The van der Waals surface area contributed by atoms with Crippen LogP contribution >= 0.6 is 28.3 Å². The van der Waals surface area contributed by atoms with Gasteiger partial charge in [-0.15, -0.1) is 12.4 Å². The van der Waals surface area contributed by atoms with Crippen molar-refractivity contribution < 1.29 is 0 Å². The summed E-state index contributed by atoms with van der Waals surface area (Å²) < 4.78 is 1.10. The first-order chi connectivity index (χ1) is 8.08. The number of benzene rings is 1. The van der Waals surface area contributed by atoms with Gasteiger partial charge >= 0.3 is 0 Å². The van der Waals surface area contributed by atoms with Gasteiger partial charge in [-0.1, -0.05) is 29.8 Å². The van der Waals surface area contributed by atoms with Gasteiger partial charge in [-0.05, 0) is 42.5 Å². The van der Waals surface area contributed by atoms with Gasteiger partial charge in [0.05, 0.1) is 0 Å². The number of hydrogen-bond acceptors (Lipinski definition) is 1. The Balaban J connectivity index is 0.00000162. The third-order valence-corrected chi connectivity index (χ3v) is 3.62. The normalized spacial score (nSPS) is 12.7. The van der Waals surface area contributed by atoms with Crippen molar-refractivity contribution in [3.8, 4) is 0 Å². The first-order valence-electron chi connectivity index (χ1n) is 6.10. The maximum Gasteiger partial charge on any atom is 0.0458 e. The van der Waals surface area contributed by atoms with Crippen LogP contribution in [0.5, 0.6) is 0 Å². The third kappa shape index (κ3) is 3.50. The van der Waals surface area contributed by atoms with Crippen molar-refractivity contribution in [2.24, 2.45) is 11.7 Å². The molecule has 0 spiro atoms. The van der Waals surface area contributed by atoms with Gasteiger partial charge in [-0.2, -0.15) is 0 Å². The van der Waals surface area contributed by atoms with E-state index in [0.717, 1.165) is 16.4 Å². The number of aromatic amines is 1. The lowest BCUT2D eigenvalue weighted by Crippen LogP contribution is -2.10. The van der Waals surface area contributed by atoms with Gasteiger partial charge in [0.2, 0.25) is 0 Å². The first-order valence-corrected chi connectivity index (χ1v) is 6.89. The fourth-order valence-corrected chi connectivity index (χ4v) is 2.45. The van der Waals surface area contributed by atoms with Crippen LogP contribution < -0.4 is 5.73 Å². The summed E-state index contributed by atoms with van der Waals surface area (Å²) in [6.07, 6.45) is 4.25. The highest BCUT2D eigenvalue weighted by Crippen LogP contribution is 2.28. The van der Waals surface area contributed by atoms with Crippen LogP contribution in [0.3, 0.4) is 0 Å². The molecule has 2 nitrogen and oxygen atoms in total. The van der Waals surface area contributed by atoms with Crippen molar-refractivity contribution in [3.05, 3.63) is 34.4 Å². The monoisotopic (exact) mass is 330 g/mol. The van der Waals surface area contributed by atoms with E-state index in [4.69, 9.17) is 5.73 Å². The Hall–Kier alpha value is -0.510. The summed E-state index contributed by atoms with van der Waals surface area (Å²) in [4.78, 5) is 3.28. The smallest absolute Gasteiger partial charge is 0.0458 e. The van der Waals surface area contributed by atoms with E-state index in [9.17, 15) is 0 Å². The number of nitrogens with two attached hydrogens (primary N) is 1. The molecule has 1 aromatic heterocycles. The van der Waals surface area contributed by atoms with Crippen molar-refractivity contribution in [2.75, 3.05) is 0 Å². The summed E-state index contributed by atoms with van der Waals surface area (Å²) in [7, 11) is 0. The molecule has 2 aromatic rings. The minimum atomic E-state index is 0. The van der Waals surface area contributed by atoms with E-state index >= 15 is 0 Å².